The second kappa shape index (κ2) is 2.79. The van der Waals surface area contributed by atoms with Crippen LogP contribution < -0.4 is 0 Å². The summed E-state index contributed by atoms with van der Waals surface area (Å²) >= 11 is 3.66. The molecule has 1 heterocycles. The third-order valence-electron chi connectivity index (χ3n) is 0.937. The topological polar surface area (TPSA) is 17.1 Å². The molecule has 0 unspecified atom stereocenters. The van der Waals surface area contributed by atoms with Gasteiger partial charge >= 0.3 is 0 Å². The molecule has 1 rings (SSSR count). The van der Waals surface area contributed by atoms with Crippen LogP contribution in [0.25, 0.3) is 0 Å². The summed E-state index contributed by atoms with van der Waals surface area (Å²) in [4.78, 5) is 11.6. The summed E-state index contributed by atoms with van der Waals surface area (Å²) in [5.74, 6) is 0.161. The van der Waals surface area contributed by atoms with Gasteiger partial charge in [-0.2, -0.15) is 0 Å². The van der Waals surface area contributed by atoms with Crippen molar-refractivity contribution in [2.24, 2.45) is 0 Å². The first-order chi connectivity index (χ1) is 4.22. The third-order valence-corrected chi connectivity index (χ3v) is 3.22. The standard InChI is InChI=1S/C6H5IOS/c1-4(8)6-5(7)2-3-9-6/h2-3H,1H3. The molecule has 0 amide bonds. The van der Waals surface area contributed by atoms with Crippen LogP contribution in [-0.2, 0) is 0 Å². The summed E-state index contributed by atoms with van der Waals surface area (Å²) < 4.78 is 1.06. The Bertz CT molecular complexity index is 229. The fourth-order valence-corrected chi connectivity index (χ4v) is 2.42. The van der Waals surface area contributed by atoms with Crippen molar-refractivity contribution in [3.05, 3.63) is 19.9 Å². The number of Topliss-reactive ketones (excluding diaryl/α,β-unsaturated/α-hetero) is 1. The zero-order valence-corrected chi connectivity index (χ0v) is 7.82. The Morgan fingerprint density at radius 3 is 2.67 bits per heavy atom. The lowest BCUT2D eigenvalue weighted by molar-refractivity contribution is 0.102. The summed E-state index contributed by atoms with van der Waals surface area (Å²) in [6.07, 6.45) is 0. The summed E-state index contributed by atoms with van der Waals surface area (Å²) in [6, 6.07) is 1.95. The Balaban J connectivity index is 3.08. The van der Waals surface area contributed by atoms with Crippen LogP contribution in [0.3, 0.4) is 0 Å². The quantitative estimate of drug-likeness (QED) is 0.554. The molecule has 0 aromatic carbocycles. The van der Waals surface area contributed by atoms with E-state index in [9.17, 15) is 4.79 Å². The number of rotatable bonds is 1. The summed E-state index contributed by atoms with van der Waals surface area (Å²) in [5.41, 5.74) is 0. The van der Waals surface area contributed by atoms with E-state index in [-0.39, 0.29) is 5.78 Å². The van der Waals surface area contributed by atoms with E-state index < -0.39 is 0 Å². The van der Waals surface area contributed by atoms with Crippen molar-refractivity contribution < 1.29 is 4.79 Å². The Hall–Kier alpha value is 0.100. The van der Waals surface area contributed by atoms with Gasteiger partial charge in [-0.3, -0.25) is 4.79 Å². The van der Waals surface area contributed by atoms with E-state index in [1.807, 2.05) is 11.4 Å². The molecule has 0 saturated heterocycles. The molecule has 0 aliphatic heterocycles. The first-order valence-corrected chi connectivity index (χ1v) is 4.41. The molecule has 0 spiro atoms. The van der Waals surface area contributed by atoms with E-state index in [2.05, 4.69) is 22.6 Å². The van der Waals surface area contributed by atoms with Crippen LogP contribution in [0, 0.1) is 3.57 Å². The second-order valence-electron chi connectivity index (χ2n) is 1.65. The van der Waals surface area contributed by atoms with Gasteiger partial charge in [0, 0.05) is 3.57 Å². The van der Waals surface area contributed by atoms with E-state index in [0.717, 1.165) is 8.45 Å². The molecule has 1 aromatic rings. The molecule has 0 bridgehead atoms. The maximum atomic E-state index is 10.7. The molecule has 9 heavy (non-hydrogen) atoms. The lowest BCUT2D eigenvalue weighted by Crippen LogP contribution is -1.87. The van der Waals surface area contributed by atoms with Crippen molar-refractivity contribution in [2.45, 2.75) is 6.92 Å². The van der Waals surface area contributed by atoms with Crippen LogP contribution in [-0.4, -0.2) is 5.78 Å². The maximum absolute atomic E-state index is 10.7. The molecule has 48 valence electrons. The van der Waals surface area contributed by atoms with Gasteiger partial charge in [-0.15, -0.1) is 11.3 Å². The van der Waals surface area contributed by atoms with Gasteiger partial charge in [0.05, 0.1) is 4.88 Å². The van der Waals surface area contributed by atoms with Gasteiger partial charge in [-0.1, -0.05) is 0 Å². The van der Waals surface area contributed by atoms with Crippen molar-refractivity contribution in [3.8, 4) is 0 Å². The van der Waals surface area contributed by atoms with Crippen molar-refractivity contribution in [1.29, 1.82) is 0 Å². The molecule has 1 aromatic heterocycles. The third kappa shape index (κ3) is 1.52. The average Bonchev–Trinajstić information content (AvgIpc) is 2.13. The van der Waals surface area contributed by atoms with Gasteiger partial charge in [-0.25, -0.2) is 0 Å². The van der Waals surface area contributed by atoms with Crippen LogP contribution >= 0.6 is 33.9 Å². The summed E-state index contributed by atoms with van der Waals surface area (Å²) in [6.45, 7) is 1.59. The number of hydrogen-bond acceptors (Lipinski definition) is 2. The van der Waals surface area contributed by atoms with Crippen LogP contribution in [0.1, 0.15) is 16.6 Å². The van der Waals surface area contributed by atoms with Gasteiger partial charge in [0.1, 0.15) is 0 Å². The Morgan fingerprint density at radius 2 is 2.44 bits per heavy atom. The van der Waals surface area contributed by atoms with Gasteiger partial charge in [-0.05, 0) is 41.0 Å². The van der Waals surface area contributed by atoms with Crippen molar-refractivity contribution >= 4 is 39.7 Å². The molecule has 0 aliphatic rings. The van der Waals surface area contributed by atoms with Gasteiger partial charge in [0.25, 0.3) is 0 Å². The fraction of sp³-hybridized carbons (Fsp3) is 0.167. The van der Waals surface area contributed by atoms with Crippen molar-refractivity contribution in [1.82, 2.24) is 0 Å². The van der Waals surface area contributed by atoms with E-state index in [1.54, 1.807) is 6.92 Å². The van der Waals surface area contributed by atoms with E-state index in [1.165, 1.54) is 11.3 Å². The first-order valence-electron chi connectivity index (χ1n) is 2.45. The predicted molar refractivity (Wildman–Crippen MR) is 47.0 cm³/mol. The highest BCUT2D eigenvalue weighted by molar-refractivity contribution is 14.1. The Labute approximate surface area is 71.2 Å². The average molecular weight is 252 g/mol. The Kier molecular flexibility index (Phi) is 2.23. The van der Waals surface area contributed by atoms with Crippen LogP contribution in [0.5, 0.6) is 0 Å². The number of halogens is 1. The first kappa shape index (κ1) is 7.21. The molecule has 0 radical (unpaired) electrons. The zero-order valence-electron chi connectivity index (χ0n) is 4.85. The highest BCUT2D eigenvalue weighted by Gasteiger charge is 2.03. The molecule has 0 atom stereocenters. The summed E-state index contributed by atoms with van der Waals surface area (Å²) in [5, 5.41) is 1.93. The molecule has 0 saturated carbocycles. The molecule has 0 N–H and O–H groups in total. The normalized spacial score (nSPS) is 9.56. The lowest BCUT2D eigenvalue weighted by Gasteiger charge is -1.85. The monoisotopic (exact) mass is 252 g/mol. The Morgan fingerprint density at radius 1 is 1.78 bits per heavy atom. The molecular weight excluding hydrogens is 247 g/mol. The van der Waals surface area contributed by atoms with Crippen molar-refractivity contribution in [2.75, 3.05) is 0 Å². The predicted octanol–water partition coefficient (Wildman–Crippen LogP) is 2.56. The largest absolute Gasteiger partial charge is 0.294 e. The van der Waals surface area contributed by atoms with E-state index >= 15 is 0 Å². The van der Waals surface area contributed by atoms with Crippen molar-refractivity contribution in [3.63, 3.8) is 0 Å². The van der Waals surface area contributed by atoms with Crippen LogP contribution in [0.2, 0.25) is 0 Å². The molecule has 1 nitrogen and oxygen atoms in total. The molecular formula is C6H5IOS. The molecule has 0 aliphatic carbocycles. The number of ketones is 1. The van der Waals surface area contributed by atoms with Crippen LogP contribution in [0.4, 0.5) is 0 Å². The summed E-state index contributed by atoms with van der Waals surface area (Å²) in [7, 11) is 0. The highest BCUT2D eigenvalue weighted by Crippen LogP contribution is 2.18. The zero-order chi connectivity index (χ0) is 6.85. The minimum Gasteiger partial charge on any atom is -0.294 e. The lowest BCUT2D eigenvalue weighted by atomic mass is 10.4. The number of thiophene rings is 1. The van der Waals surface area contributed by atoms with Gasteiger partial charge < -0.3 is 0 Å². The van der Waals surface area contributed by atoms with Gasteiger partial charge in [0.15, 0.2) is 5.78 Å². The smallest absolute Gasteiger partial charge is 0.170 e. The SMILES string of the molecule is CC(=O)c1sccc1I. The van der Waals surface area contributed by atoms with E-state index in [4.69, 9.17) is 0 Å². The second-order valence-corrected chi connectivity index (χ2v) is 3.73. The number of carbonyl (C=O) groups excluding carboxylic acids is 1. The molecule has 3 heteroatoms. The van der Waals surface area contributed by atoms with E-state index in [0.29, 0.717) is 0 Å². The van der Waals surface area contributed by atoms with Crippen LogP contribution in [0.15, 0.2) is 11.4 Å². The number of hydrogen-bond donors (Lipinski definition) is 0. The fourth-order valence-electron chi connectivity index (χ4n) is 0.545. The minimum absolute atomic E-state index is 0.161. The molecule has 0 fully saturated rings. The maximum Gasteiger partial charge on any atom is 0.170 e. The highest BCUT2D eigenvalue weighted by atomic mass is 127. The number of carbonyl (C=O) groups is 1. The minimum atomic E-state index is 0.161. The van der Waals surface area contributed by atoms with Gasteiger partial charge in [0.2, 0.25) is 0 Å².